The van der Waals surface area contributed by atoms with Crippen LogP contribution in [0, 0.1) is 0 Å². The van der Waals surface area contributed by atoms with Crippen molar-refractivity contribution in [1.29, 1.82) is 0 Å². The van der Waals surface area contributed by atoms with E-state index in [4.69, 9.17) is 23.2 Å². The van der Waals surface area contributed by atoms with E-state index in [9.17, 15) is 9.59 Å². The molecule has 98 valence electrons. The van der Waals surface area contributed by atoms with E-state index in [1.165, 1.54) is 0 Å². The zero-order chi connectivity index (χ0) is 13.5. The molecule has 0 aliphatic rings. The quantitative estimate of drug-likeness (QED) is 0.896. The Labute approximate surface area is 114 Å². The molecule has 0 bridgehead atoms. The van der Waals surface area contributed by atoms with Crippen LogP contribution in [0.25, 0.3) is 0 Å². The average Bonchev–Trinajstić information content (AvgIpc) is 2.33. The summed E-state index contributed by atoms with van der Waals surface area (Å²) < 4.78 is 4.61. The molecule has 0 saturated heterocycles. The van der Waals surface area contributed by atoms with Crippen LogP contribution >= 0.6 is 23.2 Å². The Kier molecular flexibility index (Phi) is 5.74. The third-order valence-electron chi connectivity index (χ3n) is 1.89. The Morgan fingerprint density at radius 3 is 2.72 bits per heavy atom. The Balaban J connectivity index is 2.50. The van der Waals surface area contributed by atoms with Gasteiger partial charge in [-0.05, 0) is 19.1 Å². The molecule has 0 atom stereocenters. The fraction of sp³-hybridized carbons (Fsp3) is 0.273. The number of carbonyl (C=O) groups excluding carboxylic acids is 2. The molecule has 0 fully saturated rings. The van der Waals surface area contributed by atoms with Gasteiger partial charge in [0.15, 0.2) is 0 Å². The predicted octanol–water partition coefficient (Wildman–Crippen LogP) is 2.68. The van der Waals surface area contributed by atoms with Crippen molar-refractivity contribution in [3.05, 3.63) is 28.2 Å². The molecule has 1 aromatic rings. The van der Waals surface area contributed by atoms with Crippen LogP contribution in [0.5, 0.6) is 0 Å². The van der Waals surface area contributed by atoms with Crippen LogP contribution in [0.15, 0.2) is 18.2 Å². The van der Waals surface area contributed by atoms with Crippen LogP contribution in [0.3, 0.4) is 0 Å². The highest BCUT2D eigenvalue weighted by molar-refractivity contribution is 6.44. The van der Waals surface area contributed by atoms with Gasteiger partial charge in [0.25, 0.3) is 0 Å². The van der Waals surface area contributed by atoms with Crippen molar-refractivity contribution in [2.45, 2.75) is 6.92 Å². The highest BCUT2D eigenvalue weighted by Gasteiger charge is 2.09. The van der Waals surface area contributed by atoms with Crippen molar-refractivity contribution in [3.8, 4) is 0 Å². The van der Waals surface area contributed by atoms with Gasteiger partial charge >= 0.3 is 6.09 Å². The number of rotatable bonds is 4. The second-order valence-corrected chi connectivity index (χ2v) is 4.01. The van der Waals surface area contributed by atoms with E-state index >= 15 is 0 Å². The number of amides is 2. The maximum absolute atomic E-state index is 11.5. The SMILES string of the molecule is CCOC(=O)NCC(=O)Nc1cccc(Cl)c1Cl. The summed E-state index contributed by atoms with van der Waals surface area (Å²) in [5.74, 6) is -0.424. The zero-order valence-electron chi connectivity index (χ0n) is 9.63. The molecule has 18 heavy (non-hydrogen) atoms. The van der Waals surface area contributed by atoms with Crippen molar-refractivity contribution in [2.75, 3.05) is 18.5 Å². The Hall–Kier alpha value is -1.46. The smallest absolute Gasteiger partial charge is 0.407 e. The lowest BCUT2D eigenvalue weighted by atomic mass is 10.3. The van der Waals surface area contributed by atoms with E-state index < -0.39 is 12.0 Å². The van der Waals surface area contributed by atoms with Crippen molar-refractivity contribution in [3.63, 3.8) is 0 Å². The molecule has 7 heteroatoms. The molecule has 0 spiro atoms. The normalized spacial score (nSPS) is 9.72. The first kappa shape index (κ1) is 14.6. The molecule has 0 radical (unpaired) electrons. The van der Waals surface area contributed by atoms with Gasteiger partial charge in [-0.1, -0.05) is 29.3 Å². The first-order valence-electron chi connectivity index (χ1n) is 5.19. The molecule has 2 N–H and O–H groups in total. The predicted molar refractivity (Wildman–Crippen MR) is 70.1 cm³/mol. The van der Waals surface area contributed by atoms with Crippen LogP contribution in [0.2, 0.25) is 10.0 Å². The molecular formula is C11H12Cl2N2O3. The molecule has 0 aromatic heterocycles. The summed E-state index contributed by atoms with van der Waals surface area (Å²) in [5, 5.41) is 5.41. The number of benzene rings is 1. The van der Waals surface area contributed by atoms with Crippen LogP contribution < -0.4 is 10.6 Å². The van der Waals surface area contributed by atoms with Gasteiger partial charge in [0.05, 0.1) is 22.3 Å². The number of anilines is 1. The molecule has 0 aliphatic carbocycles. The standard InChI is InChI=1S/C11H12Cl2N2O3/c1-2-18-11(17)14-6-9(16)15-8-5-3-4-7(12)10(8)13/h3-5H,2,6H2,1H3,(H,14,17)(H,15,16). The lowest BCUT2D eigenvalue weighted by Gasteiger charge is -2.08. The second-order valence-electron chi connectivity index (χ2n) is 3.22. The summed E-state index contributed by atoms with van der Waals surface area (Å²) in [6.07, 6.45) is -0.648. The summed E-state index contributed by atoms with van der Waals surface area (Å²) >= 11 is 11.7. The van der Waals surface area contributed by atoms with E-state index in [0.717, 1.165) is 0 Å². The Morgan fingerprint density at radius 2 is 2.06 bits per heavy atom. The number of halogens is 2. The lowest BCUT2D eigenvalue weighted by molar-refractivity contribution is -0.115. The molecule has 0 saturated carbocycles. The van der Waals surface area contributed by atoms with Gasteiger partial charge in [0, 0.05) is 0 Å². The monoisotopic (exact) mass is 290 g/mol. The maximum Gasteiger partial charge on any atom is 0.407 e. The summed E-state index contributed by atoms with van der Waals surface area (Å²) in [6, 6.07) is 4.87. The van der Waals surface area contributed by atoms with E-state index in [2.05, 4.69) is 15.4 Å². The van der Waals surface area contributed by atoms with E-state index in [0.29, 0.717) is 10.7 Å². The van der Waals surface area contributed by atoms with Crippen molar-refractivity contribution < 1.29 is 14.3 Å². The van der Waals surface area contributed by atoms with Gasteiger partial charge in [0.1, 0.15) is 6.54 Å². The van der Waals surface area contributed by atoms with Crippen molar-refractivity contribution in [2.24, 2.45) is 0 Å². The van der Waals surface area contributed by atoms with Gasteiger partial charge < -0.3 is 15.4 Å². The zero-order valence-corrected chi connectivity index (χ0v) is 11.1. The van der Waals surface area contributed by atoms with Crippen LogP contribution in [0.1, 0.15) is 6.92 Å². The van der Waals surface area contributed by atoms with Crippen molar-refractivity contribution >= 4 is 40.9 Å². The average molecular weight is 291 g/mol. The fourth-order valence-corrected chi connectivity index (χ4v) is 1.48. The van der Waals surface area contributed by atoms with Crippen LogP contribution in [-0.4, -0.2) is 25.2 Å². The Bertz CT molecular complexity index is 452. The van der Waals surface area contributed by atoms with E-state index in [1.54, 1.807) is 25.1 Å². The summed E-state index contributed by atoms with van der Waals surface area (Å²) in [7, 11) is 0. The first-order valence-corrected chi connectivity index (χ1v) is 5.94. The highest BCUT2D eigenvalue weighted by Crippen LogP contribution is 2.29. The third kappa shape index (κ3) is 4.43. The minimum atomic E-state index is -0.648. The summed E-state index contributed by atoms with van der Waals surface area (Å²) in [4.78, 5) is 22.5. The maximum atomic E-state index is 11.5. The molecule has 0 aliphatic heterocycles. The van der Waals surface area contributed by atoms with Gasteiger partial charge in [0.2, 0.25) is 5.91 Å². The number of carbonyl (C=O) groups is 2. The summed E-state index contributed by atoms with van der Waals surface area (Å²) in [6.45, 7) is 1.71. The summed E-state index contributed by atoms with van der Waals surface area (Å²) in [5.41, 5.74) is 0.389. The van der Waals surface area contributed by atoms with Gasteiger partial charge in [-0.25, -0.2) is 4.79 Å². The molecule has 0 unspecified atom stereocenters. The van der Waals surface area contributed by atoms with E-state index in [1.807, 2.05) is 0 Å². The number of hydrogen-bond acceptors (Lipinski definition) is 3. The van der Waals surface area contributed by atoms with Gasteiger partial charge in [-0.15, -0.1) is 0 Å². The number of ether oxygens (including phenoxy) is 1. The molecular weight excluding hydrogens is 279 g/mol. The van der Waals surface area contributed by atoms with E-state index in [-0.39, 0.29) is 18.2 Å². The number of hydrogen-bond donors (Lipinski definition) is 2. The van der Waals surface area contributed by atoms with Gasteiger partial charge in [-0.3, -0.25) is 4.79 Å². The second kappa shape index (κ2) is 7.08. The van der Waals surface area contributed by atoms with Crippen LogP contribution in [-0.2, 0) is 9.53 Å². The molecule has 5 nitrogen and oxygen atoms in total. The minimum absolute atomic E-state index is 0.207. The first-order chi connectivity index (χ1) is 8.54. The Morgan fingerprint density at radius 1 is 1.33 bits per heavy atom. The third-order valence-corrected chi connectivity index (χ3v) is 2.71. The molecule has 1 rings (SSSR count). The van der Waals surface area contributed by atoms with Crippen LogP contribution in [0.4, 0.5) is 10.5 Å². The molecule has 2 amide bonds. The largest absolute Gasteiger partial charge is 0.450 e. The topological polar surface area (TPSA) is 67.4 Å². The van der Waals surface area contributed by atoms with Crippen molar-refractivity contribution in [1.82, 2.24) is 5.32 Å². The fourth-order valence-electron chi connectivity index (χ4n) is 1.13. The minimum Gasteiger partial charge on any atom is -0.450 e. The lowest BCUT2D eigenvalue weighted by Crippen LogP contribution is -2.33. The molecule has 0 heterocycles. The van der Waals surface area contributed by atoms with Gasteiger partial charge in [-0.2, -0.15) is 0 Å². The highest BCUT2D eigenvalue weighted by atomic mass is 35.5. The number of nitrogens with one attached hydrogen (secondary N) is 2. The number of alkyl carbamates (subject to hydrolysis) is 1. The molecule has 1 aromatic carbocycles.